The first-order valence-corrected chi connectivity index (χ1v) is 6.55. The van der Waals surface area contributed by atoms with Crippen LogP contribution in [0.15, 0.2) is 24.3 Å². The molecule has 2 rings (SSSR count). The molecule has 0 bridgehead atoms. The van der Waals surface area contributed by atoms with E-state index in [1.807, 2.05) is 45.2 Å². The van der Waals surface area contributed by atoms with Gasteiger partial charge < -0.3 is 14.8 Å². The fraction of sp³-hybridized carbons (Fsp3) is 0.333. The zero-order valence-corrected chi connectivity index (χ0v) is 12.2. The van der Waals surface area contributed by atoms with E-state index in [4.69, 9.17) is 9.47 Å². The molecule has 0 aliphatic heterocycles. The molecular formula is C15H19N3O2. The highest BCUT2D eigenvalue weighted by Crippen LogP contribution is 2.28. The summed E-state index contributed by atoms with van der Waals surface area (Å²) < 4.78 is 11.1. The predicted octanol–water partition coefficient (Wildman–Crippen LogP) is 3.19. The third kappa shape index (κ3) is 2.99. The Morgan fingerprint density at radius 1 is 1.20 bits per heavy atom. The maximum absolute atomic E-state index is 5.87. The van der Waals surface area contributed by atoms with Crippen molar-refractivity contribution in [3.63, 3.8) is 0 Å². The first kappa shape index (κ1) is 14.1. The Morgan fingerprint density at radius 2 is 1.95 bits per heavy atom. The Morgan fingerprint density at radius 3 is 2.60 bits per heavy atom. The highest BCUT2D eigenvalue weighted by molar-refractivity contribution is 5.49. The fourth-order valence-corrected chi connectivity index (χ4v) is 1.82. The van der Waals surface area contributed by atoms with Crippen molar-refractivity contribution < 1.29 is 9.47 Å². The third-order valence-corrected chi connectivity index (χ3v) is 2.96. The first-order chi connectivity index (χ1) is 9.67. The molecule has 0 fully saturated rings. The van der Waals surface area contributed by atoms with Gasteiger partial charge in [0.05, 0.1) is 12.7 Å². The first-order valence-electron chi connectivity index (χ1n) is 6.55. The molecule has 1 aromatic carbocycles. The van der Waals surface area contributed by atoms with E-state index in [-0.39, 0.29) is 0 Å². The molecule has 0 spiro atoms. The van der Waals surface area contributed by atoms with Gasteiger partial charge in [-0.05, 0) is 19.1 Å². The van der Waals surface area contributed by atoms with Crippen LogP contribution in [-0.4, -0.2) is 24.1 Å². The van der Waals surface area contributed by atoms with Gasteiger partial charge in [0, 0.05) is 19.5 Å². The molecule has 0 unspecified atom stereocenters. The average molecular weight is 273 g/mol. The summed E-state index contributed by atoms with van der Waals surface area (Å²) in [7, 11) is 3.47. The molecular weight excluding hydrogens is 254 g/mol. The summed E-state index contributed by atoms with van der Waals surface area (Å²) in [6.45, 7) is 3.94. The Hall–Kier alpha value is -2.30. The van der Waals surface area contributed by atoms with Crippen LogP contribution < -0.4 is 14.8 Å². The molecule has 0 atom stereocenters. The van der Waals surface area contributed by atoms with Gasteiger partial charge in [-0.1, -0.05) is 13.0 Å². The summed E-state index contributed by atoms with van der Waals surface area (Å²) in [5.74, 6) is 3.54. The second-order valence-electron chi connectivity index (χ2n) is 4.30. The molecule has 2 aromatic rings. The molecule has 0 radical (unpaired) electrons. The van der Waals surface area contributed by atoms with Gasteiger partial charge in [-0.3, -0.25) is 0 Å². The summed E-state index contributed by atoms with van der Waals surface area (Å²) in [6.07, 6.45) is 0.753. The van der Waals surface area contributed by atoms with Gasteiger partial charge in [-0.2, -0.15) is 4.98 Å². The van der Waals surface area contributed by atoms with Crippen LogP contribution >= 0.6 is 0 Å². The highest BCUT2D eigenvalue weighted by atomic mass is 16.5. The van der Waals surface area contributed by atoms with E-state index in [2.05, 4.69) is 15.3 Å². The van der Waals surface area contributed by atoms with Crippen molar-refractivity contribution in [3.05, 3.63) is 35.7 Å². The zero-order valence-electron chi connectivity index (χ0n) is 12.2. The molecule has 106 valence electrons. The molecule has 1 aromatic heterocycles. The van der Waals surface area contributed by atoms with E-state index in [0.29, 0.717) is 11.6 Å². The van der Waals surface area contributed by atoms with Gasteiger partial charge in [0.15, 0.2) is 0 Å². The van der Waals surface area contributed by atoms with E-state index in [1.54, 1.807) is 7.11 Å². The van der Waals surface area contributed by atoms with Gasteiger partial charge in [-0.25, -0.2) is 4.98 Å². The van der Waals surface area contributed by atoms with Crippen molar-refractivity contribution in [1.29, 1.82) is 0 Å². The van der Waals surface area contributed by atoms with Gasteiger partial charge in [0.2, 0.25) is 5.88 Å². The number of hydrogen-bond acceptors (Lipinski definition) is 5. The molecule has 5 heteroatoms. The molecule has 0 aliphatic carbocycles. The maximum atomic E-state index is 5.87. The second-order valence-corrected chi connectivity index (χ2v) is 4.30. The van der Waals surface area contributed by atoms with Crippen molar-refractivity contribution in [2.24, 2.45) is 0 Å². The van der Waals surface area contributed by atoms with Crippen LogP contribution in [-0.2, 0) is 6.42 Å². The van der Waals surface area contributed by atoms with Crippen molar-refractivity contribution in [2.45, 2.75) is 20.3 Å². The lowest BCUT2D eigenvalue weighted by Gasteiger charge is -2.12. The standard InChI is InChI=1S/C15H19N3O2/c1-5-13-17-14(16-3)10(2)15(18-13)20-12-8-6-7-11(9-12)19-4/h6-9H,5H2,1-4H3,(H,16,17,18). The quantitative estimate of drug-likeness (QED) is 0.906. The van der Waals surface area contributed by atoms with Crippen molar-refractivity contribution in [1.82, 2.24) is 9.97 Å². The lowest BCUT2D eigenvalue weighted by Crippen LogP contribution is -2.04. The van der Waals surface area contributed by atoms with E-state index in [0.717, 1.165) is 29.4 Å². The van der Waals surface area contributed by atoms with Crippen LogP contribution in [0.25, 0.3) is 0 Å². The molecule has 0 aliphatic rings. The molecule has 5 nitrogen and oxygen atoms in total. The third-order valence-electron chi connectivity index (χ3n) is 2.96. The summed E-state index contributed by atoms with van der Waals surface area (Å²) in [5.41, 5.74) is 0.882. The van der Waals surface area contributed by atoms with Crippen LogP contribution in [0, 0.1) is 6.92 Å². The minimum Gasteiger partial charge on any atom is -0.497 e. The lowest BCUT2D eigenvalue weighted by atomic mass is 10.3. The minimum atomic E-state index is 0.564. The van der Waals surface area contributed by atoms with E-state index in [1.165, 1.54) is 0 Å². The number of anilines is 1. The number of hydrogen-bond donors (Lipinski definition) is 1. The summed E-state index contributed by atoms with van der Waals surface area (Å²) in [5, 5.41) is 3.06. The van der Waals surface area contributed by atoms with Crippen LogP contribution in [0.1, 0.15) is 18.3 Å². The number of methoxy groups -OCH3 is 1. The van der Waals surface area contributed by atoms with Crippen LogP contribution in [0.2, 0.25) is 0 Å². The Bertz CT molecular complexity index is 600. The fourth-order valence-electron chi connectivity index (χ4n) is 1.82. The lowest BCUT2D eigenvalue weighted by molar-refractivity contribution is 0.406. The van der Waals surface area contributed by atoms with Crippen molar-refractivity contribution >= 4 is 5.82 Å². The Labute approximate surface area is 119 Å². The molecule has 1 heterocycles. The van der Waals surface area contributed by atoms with Crippen LogP contribution in [0.3, 0.4) is 0 Å². The van der Waals surface area contributed by atoms with E-state index >= 15 is 0 Å². The van der Waals surface area contributed by atoms with Crippen molar-refractivity contribution in [3.8, 4) is 17.4 Å². The number of rotatable bonds is 5. The highest BCUT2D eigenvalue weighted by Gasteiger charge is 2.11. The second kappa shape index (κ2) is 6.23. The topological polar surface area (TPSA) is 56.3 Å². The van der Waals surface area contributed by atoms with Gasteiger partial charge >= 0.3 is 0 Å². The van der Waals surface area contributed by atoms with Gasteiger partial charge in [-0.15, -0.1) is 0 Å². The molecule has 1 N–H and O–H groups in total. The molecule has 0 saturated carbocycles. The van der Waals surface area contributed by atoms with Gasteiger partial charge in [0.25, 0.3) is 0 Å². The van der Waals surface area contributed by atoms with Gasteiger partial charge in [0.1, 0.15) is 23.1 Å². The Balaban J connectivity index is 2.36. The largest absolute Gasteiger partial charge is 0.497 e. The predicted molar refractivity (Wildman–Crippen MR) is 78.8 cm³/mol. The average Bonchev–Trinajstić information content (AvgIpc) is 2.49. The number of aromatic nitrogens is 2. The number of aryl methyl sites for hydroxylation is 1. The zero-order chi connectivity index (χ0) is 14.5. The van der Waals surface area contributed by atoms with Crippen molar-refractivity contribution in [2.75, 3.05) is 19.5 Å². The van der Waals surface area contributed by atoms with E-state index in [9.17, 15) is 0 Å². The number of ether oxygens (including phenoxy) is 2. The smallest absolute Gasteiger partial charge is 0.227 e. The number of nitrogens with one attached hydrogen (secondary N) is 1. The summed E-state index contributed by atoms with van der Waals surface area (Å²) in [4.78, 5) is 8.85. The van der Waals surface area contributed by atoms with Crippen LogP contribution in [0.4, 0.5) is 5.82 Å². The molecule has 0 amide bonds. The number of nitrogens with zero attached hydrogens (tertiary/aromatic N) is 2. The Kier molecular flexibility index (Phi) is 4.40. The normalized spacial score (nSPS) is 10.2. The maximum Gasteiger partial charge on any atom is 0.227 e. The monoisotopic (exact) mass is 273 g/mol. The van der Waals surface area contributed by atoms with E-state index < -0.39 is 0 Å². The molecule has 0 saturated heterocycles. The molecule has 20 heavy (non-hydrogen) atoms. The number of benzene rings is 1. The van der Waals surface area contributed by atoms with Crippen LogP contribution in [0.5, 0.6) is 17.4 Å². The minimum absolute atomic E-state index is 0.564. The summed E-state index contributed by atoms with van der Waals surface area (Å²) in [6, 6.07) is 7.45. The SMILES string of the molecule is CCc1nc(NC)c(C)c(Oc2cccc(OC)c2)n1. The summed E-state index contributed by atoms with van der Waals surface area (Å²) >= 11 is 0.